The quantitative estimate of drug-likeness (QED) is 0.341. The molecule has 3 aromatic rings. The molecule has 2 heterocycles. The van der Waals surface area contributed by atoms with Gasteiger partial charge in [0, 0.05) is 12.6 Å². The van der Waals surface area contributed by atoms with Gasteiger partial charge in [-0.25, -0.2) is 0 Å². The molecule has 3 aromatic carbocycles. The van der Waals surface area contributed by atoms with E-state index in [-0.39, 0.29) is 42.3 Å². The van der Waals surface area contributed by atoms with E-state index in [1.165, 1.54) is 13.2 Å². The normalized spacial score (nSPS) is 16.2. The van der Waals surface area contributed by atoms with E-state index >= 15 is 0 Å². The number of aliphatic hydroxyl groups excluding tert-OH is 1. The van der Waals surface area contributed by atoms with Gasteiger partial charge in [-0.05, 0) is 65.9 Å². The summed E-state index contributed by atoms with van der Waals surface area (Å²) >= 11 is 0. The number of fused-ring (bicyclic) bond motifs is 2. The highest BCUT2D eigenvalue weighted by molar-refractivity contribution is 6.12. The highest BCUT2D eigenvalue weighted by Crippen LogP contribution is 2.37. The highest BCUT2D eigenvalue weighted by Gasteiger charge is 2.28. The summed E-state index contributed by atoms with van der Waals surface area (Å²) in [6.07, 6.45) is 1.88. The predicted octanol–water partition coefficient (Wildman–Crippen LogP) is 4.11. The maximum Gasteiger partial charge on any atom is 0.310 e. The van der Waals surface area contributed by atoms with E-state index in [0.717, 1.165) is 24.0 Å². The van der Waals surface area contributed by atoms with Crippen LogP contribution in [0.4, 0.5) is 22.7 Å². The number of anilines is 3. The van der Waals surface area contributed by atoms with Crippen molar-refractivity contribution in [3.05, 3.63) is 75.8 Å². The van der Waals surface area contributed by atoms with Crippen LogP contribution in [0, 0.1) is 10.1 Å². The molecule has 10 heteroatoms. The molecule has 0 aliphatic carbocycles. The van der Waals surface area contributed by atoms with Gasteiger partial charge >= 0.3 is 5.69 Å². The molecule has 190 valence electrons. The molecule has 2 aliphatic heterocycles. The summed E-state index contributed by atoms with van der Waals surface area (Å²) < 4.78 is 5.19. The van der Waals surface area contributed by atoms with Crippen molar-refractivity contribution in [1.82, 2.24) is 4.90 Å². The van der Waals surface area contributed by atoms with Crippen molar-refractivity contribution in [3.63, 3.8) is 0 Å². The molecule has 3 N–H and O–H groups in total. The van der Waals surface area contributed by atoms with Crippen LogP contribution in [0.5, 0.6) is 5.75 Å². The van der Waals surface area contributed by atoms with Crippen molar-refractivity contribution in [2.24, 2.45) is 0 Å². The van der Waals surface area contributed by atoms with Crippen LogP contribution >= 0.6 is 0 Å². The fraction of sp³-hybridized carbons (Fsp3) is 0.259. The minimum atomic E-state index is -0.502. The molecular weight excluding hydrogens is 476 g/mol. The highest BCUT2D eigenvalue weighted by atomic mass is 16.6. The van der Waals surface area contributed by atoms with Crippen LogP contribution in [0.15, 0.2) is 54.6 Å². The van der Waals surface area contributed by atoms with Gasteiger partial charge < -0.3 is 25.4 Å². The zero-order valence-corrected chi connectivity index (χ0v) is 20.2. The standard InChI is InChI=1S/C27H26N4O6/c1-37-25-14-18(6-9-24(25)31(35)36)17-5-7-20-22(13-17)28-23-11-16(4-8-21(23)29-27(20)34)12-26(33)30-10-2-3-19(30)15-32/h4-9,11,13-14,19,28,32H,2-3,10,12,15H2,1H3,(H,29,34)/t19-/m0/s1. The Morgan fingerprint density at radius 1 is 1.08 bits per heavy atom. The molecule has 37 heavy (non-hydrogen) atoms. The third kappa shape index (κ3) is 4.70. The number of nitrogens with one attached hydrogen (secondary N) is 2. The minimum Gasteiger partial charge on any atom is -0.490 e. The number of hydrogen-bond acceptors (Lipinski definition) is 7. The topological polar surface area (TPSA) is 134 Å². The number of hydrogen-bond donors (Lipinski definition) is 3. The lowest BCUT2D eigenvalue weighted by Gasteiger charge is -2.23. The van der Waals surface area contributed by atoms with Crippen LogP contribution in [-0.2, 0) is 11.2 Å². The molecule has 10 nitrogen and oxygen atoms in total. The second kappa shape index (κ2) is 9.90. The zero-order chi connectivity index (χ0) is 26.1. The number of aliphatic hydroxyl groups is 1. The van der Waals surface area contributed by atoms with Crippen LogP contribution < -0.4 is 15.4 Å². The van der Waals surface area contributed by atoms with Crippen LogP contribution in [0.3, 0.4) is 0 Å². The first-order valence-electron chi connectivity index (χ1n) is 12.0. The van der Waals surface area contributed by atoms with Gasteiger partial charge in [-0.15, -0.1) is 0 Å². The SMILES string of the molecule is COc1cc(-c2ccc3c(c2)Nc2cc(CC(=O)N4CCC[C@H]4CO)ccc2NC3=O)ccc1[N+](=O)[O-]. The molecule has 0 bridgehead atoms. The second-order valence-electron chi connectivity index (χ2n) is 9.11. The fourth-order valence-electron chi connectivity index (χ4n) is 4.91. The number of rotatable bonds is 6. The summed E-state index contributed by atoms with van der Waals surface area (Å²) in [5.41, 5.74) is 4.33. The molecule has 0 aromatic heterocycles. The summed E-state index contributed by atoms with van der Waals surface area (Å²) in [6, 6.07) is 15.2. The number of nitro benzene ring substituents is 1. The zero-order valence-electron chi connectivity index (χ0n) is 20.2. The minimum absolute atomic E-state index is 0.0380. The van der Waals surface area contributed by atoms with Crippen LogP contribution in [0.25, 0.3) is 11.1 Å². The number of carbonyl (C=O) groups is 2. The molecule has 5 rings (SSSR count). The van der Waals surface area contributed by atoms with Gasteiger partial charge in [0.15, 0.2) is 5.75 Å². The van der Waals surface area contributed by atoms with Crippen LogP contribution in [0.1, 0.15) is 28.8 Å². The van der Waals surface area contributed by atoms with Gasteiger partial charge in [-0.2, -0.15) is 0 Å². The smallest absolute Gasteiger partial charge is 0.310 e. The third-order valence-corrected chi connectivity index (χ3v) is 6.84. The monoisotopic (exact) mass is 502 g/mol. The molecule has 0 unspecified atom stereocenters. The first-order valence-corrected chi connectivity index (χ1v) is 12.0. The summed E-state index contributed by atoms with van der Waals surface area (Å²) in [5, 5.41) is 27.0. The molecule has 0 spiro atoms. The number of amides is 2. The Labute approximate surface area is 213 Å². The Balaban J connectivity index is 1.44. The van der Waals surface area contributed by atoms with Gasteiger partial charge in [0.2, 0.25) is 5.91 Å². The van der Waals surface area contributed by atoms with E-state index in [0.29, 0.717) is 34.7 Å². The lowest BCUT2D eigenvalue weighted by Crippen LogP contribution is -2.38. The van der Waals surface area contributed by atoms with E-state index in [2.05, 4.69) is 10.6 Å². The average molecular weight is 503 g/mol. The largest absolute Gasteiger partial charge is 0.490 e. The van der Waals surface area contributed by atoms with E-state index in [4.69, 9.17) is 4.74 Å². The van der Waals surface area contributed by atoms with Crippen molar-refractivity contribution in [3.8, 4) is 16.9 Å². The molecule has 1 fully saturated rings. The summed E-state index contributed by atoms with van der Waals surface area (Å²) in [4.78, 5) is 38.3. The predicted molar refractivity (Wildman–Crippen MR) is 138 cm³/mol. The number of benzene rings is 3. The molecule has 1 saturated heterocycles. The average Bonchev–Trinajstić information content (AvgIpc) is 3.33. The van der Waals surface area contributed by atoms with Crippen molar-refractivity contribution < 1.29 is 24.4 Å². The first-order chi connectivity index (χ1) is 17.9. The van der Waals surface area contributed by atoms with E-state index in [1.807, 2.05) is 12.1 Å². The number of carbonyl (C=O) groups excluding carboxylic acids is 2. The third-order valence-electron chi connectivity index (χ3n) is 6.84. The summed E-state index contributed by atoms with van der Waals surface area (Å²) in [7, 11) is 1.38. The molecule has 1 atom stereocenters. The Bertz CT molecular complexity index is 1410. The number of ether oxygens (including phenoxy) is 1. The van der Waals surface area contributed by atoms with Crippen molar-refractivity contribution in [1.29, 1.82) is 0 Å². The fourth-order valence-corrected chi connectivity index (χ4v) is 4.91. The molecule has 0 saturated carbocycles. The Kier molecular flexibility index (Phi) is 6.49. The lowest BCUT2D eigenvalue weighted by molar-refractivity contribution is -0.385. The van der Waals surface area contributed by atoms with Gasteiger partial charge in [-0.1, -0.05) is 12.1 Å². The van der Waals surface area contributed by atoms with Crippen molar-refractivity contribution in [2.75, 3.05) is 30.9 Å². The number of nitro groups is 1. The van der Waals surface area contributed by atoms with Crippen LogP contribution in [-0.4, -0.2) is 53.0 Å². The van der Waals surface area contributed by atoms with Gasteiger partial charge in [0.25, 0.3) is 5.91 Å². The number of nitrogens with zero attached hydrogens (tertiary/aromatic N) is 2. The van der Waals surface area contributed by atoms with E-state index in [9.17, 15) is 24.8 Å². The molecular formula is C27H26N4O6. The van der Waals surface area contributed by atoms with Crippen molar-refractivity contribution >= 4 is 34.6 Å². The van der Waals surface area contributed by atoms with Gasteiger partial charge in [0.1, 0.15) is 0 Å². The lowest BCUT2D eigenvalue weighted by atomic mass is 10.0. The van der Waals surface area contributed by atoms with E-state index < -0.39 is 4.92 Å². The Morgan fingerprint density at radius 2 is 1.86 bits per heavy atom. The molecule has 2 amide bonds. The Morgan fingerprint density at radius 3 is 2.62 bits per heavy atom. The molecule has 2 aliphatic rings. The Hall–Kier alpha value is -4.44. The number of likely N-dealkylation sites (tertiary alicyclic amines) is 1. The summed E-state index contributed by atoms with van der Waals surface area (Å²) in [6.45, 7) is 0.607. The van der Waals surface area contributed by atoms with Gasteiger partial charge in [-0.3, -0.25) is 19.7 Å². The second-order valence-corrected chi connectivity index (χ2v) is 9.11. The maximum absolute atomic E-state index is 12.9. The van der Waals surface area contributed by atoms with Crippen molar-refractivity contribution in [2.45, 2.75) is 25.3 Å². The first kappa shape index (κ1) is 24.3. The maximum atomic E-state index is 12.9. The molecule has 0 radical (unpaired) electrons. The van der Waals surface area contributed by atoms with Gasteiger partial charge in [0.05, 0.1) is 53.7 Å². The number of methoxy groups -OCH3 is 1. The summed E-state index contributed by atoms with van der Waals surface area (Å²) in [5.74, 6) is -0.172. The van der Waals surface area contributed by atoms with E-state index in [1.54, 1.807) is 41.3 Å². The van der Waals surface area contributed by atoms with Crippen LogP contribution in [0.2, 0.25) is 0 Å².